The molecule has 0 saturated carbocycles. The zero-order valence-electron chi connectivity index (χ0n) is 30.7. The average Bonchev–Trinajstić information content (AvgIpc) is 3.97. The molecule has 4 atom stereocenters. The third-order valence-corrected chi connectivity index (χ3v) is 11.3. The Balaban J connectivity index is 0.885. The van der Waals surface area contributed by atoms with Crippen LogP contribution >= 0.6 is 0 Å². The highest BCUT2D eigenvalue weighted by atomic mass is 19.1. The Bertz CT molecular complexity index is 2040. The van der Waals surface area contributed by atoms with Gasteiger partial charge in [0.2, 0.25) is 13.6 Å². The first kappa shape index (κ1) is 36.1. The number of ether oxygens (including phenoxy) is 6. The molecule has 4 aliphatic rings. The van der Waals surface area contributed by atoms with Crippen molar-refractivity contribution in [2.45, 2.75) is 37.8 Å². The number of benzene rings is 4. The standard InChI is InChI=1S/C43H42F2N2O9/c44-31-5-1-27(2-6-31)35-13-15-46(19-29(35)23-49-33-9-11-37-39(17-33)53-25-51-37)21-41-42(56-43(48)55-41)22-47-16-14-36(28-3-7-32(45)8-4-28)30(20-47)24-50-34-10-12-38-40(18-34)54-26-52-38/h1-12,17-18,29-30,35-36H,13-16,19-26H2/t29-,30+,35?,36?. The lowest BCUT2D eigenvalue weighted by atomic mass is 9.80. The highest BCUT2D eigenvalue weighted by molar-refractivity contribution is 5.47. The summed E-state index contributed by atoms with van der Waals surface area (Å²) in [4.78, 5) is 17.1. The van der Waals surface area contributed by atoms with Crippen LogP contribution in [-0.4, -0.2) is 62.8 Å². The Hall–Kier alpha value is -5.53. The number of hydrogen-bond acceptors (Lipinski definition) is 11. The van der Waals surface area contributed by atoms with Crippen molar-refractivity contribution in [3.63, 3.8) is 0 Å². The van der Waals surface area contributed by atoms with E-state index in [2.05, 4.69) is 9.80 Å². The van der Waals surface area contributed by atoms with Crippen molar-refractivity contribution >= 4 is 0 Å². The Morgan fingerprint density at radius 2 is 1.00 bits per heavy atom. The SMILES string of the molecule is O=c1oc(CN2CCC(c3ccc(F)cc3)[C@H](COc3ccc4c(c3)OCO4)C2)c(CN2CCC(c3ccc(F)cc3)[C@@H](COc3ccc4c(c3)OCO4)C2)o1. The van der Waals surface area contributed by atoms with Gasteiger partial charge in [0.1, 0.15) is 23.1 Å². The number of halogens is 2. The summed E-state index contributed by atoms with van der Waals surface area (Å²) in [6, 6.07) is 24.5. The van der Waals surface area contributed by atoms with Gasteiger partial charge in [-0.25, -0.2) is 13.6 Å². The molecule has 0 N–H and O–H groups in total. The lowest BCUT2D eigenvalue weighted by molar-refractivity contribution is 0.0945. The van der Waals surface area contributed by atoms with Crippen LogP contribution in [0.5, 0.6) is 34.5 Å². The van der Waals surface area contributed by atoms with E-state index in [0.29, 0.717) is 85.4 Å². The Labute approximate surface area is 322 Å². The normalized spacial score (nSPS) is 22.0. The van der Waals surface area contributed by atoms with Crippen molar-refractivity contribution in [1.82, 2.24) is 9.80 Å². The minimum absolute atomic E-state index is 0.0534. The van der Waals surface area contributed by atoms with Crippen LogP contribution < -0.4 is 34.2 Å². The van der Waals surface area contributed by atoms with Crippen LogP contribution in [0.1, 0.15) is 47.3 Å². The molecular formula is C43H42F2N2O9. The Morgan fingerprint density at radius 1 is 0.571 bits per heavy atom. The van der Waals surface area contributed by atoms with E-state index < -0.39 is 5.82 Å². The zero-order chi connectivity index (χ0) is 38.0. The van der Waals surface area contributed by atoms with Gasteiger partial charge in [-0.3, -0.25) is 9.80 Å². The molecule has 11 nitrogen and oxygen atoms in total. The molecule has 0 radical (unpaired) electrons. The fourth-order valence-corrected chi connectivity index (χ4v) is 8.46. The van der Waals surface area contributed by atoms with Crippen LogP contribution in [-0.2, 0) is 13.1 Å². The molecule has 292 valence electrons. The predicted molar refractivity (Wildman–Crippen MR) is 198 cm³/mol. The number of fused-ring (bicyclic) bond motifs is 2. The smallest absolute Gasteiger partial charge is 0.493 e. The van der Waals surface area contributed by atoms with E-state index in [0.717, 1.165) is 37.1 Å². The molecule has 1 aromatic heterocycles. The van der Waals surface area contributed by atoms with E-state index in [1.54, 1.807) is 0 Å². The number of hydrogen-bond donors (Lipinski definition) is 0. The predicted octanol–water partition coefficient (Wildman–Crippen LogP) is 7.34. The fraction of sp³-hybridized carbons (Fsp3) is 0.372. The molecule has 9 rings (SSSR count). The lowest BCUT2D eigenvalue weighted by Crippen LogP contribution is -2.42. The molecule has 2 unspecified atom stereocenters. The minimum Gasteiger partial charge on any atom is -0.493 e. The van der Waals surface area contributed by atoms with Gasteiger partial charge in [-0.1, -0.05) is 24.3 Å². The average molecular weight is 769 g/mol. The molecule has 5 aromatic rings. The molecule has 4 aliphatic heterocycles. The second-order valence-electron chi connectivity index (χ2n) is 14.8. The summed E-state index contributed by atoms with van der Waals surface area (Å²) in [6.07, 6.45) is 1.61. The summed E-state index contributed by atoms with van der Waals surface area (Å²) < 4.78 is 73.8. The summed E-state index contributed by atoms with van der Waals surface area (Å²) in [5.74, 6) is 4.11. The molecule has 4 aromatic carbocycles. The summed E-state index contributed by atoms with van der Waals surface area (Å²) in [7, 11) is 0. The van der Waals surface area contributed by atoms with Gasteiger partial charge in [0, 0.05) is 37.1 Å². The van der Waals surface area contributed by atoms with Gasteiger partial charge in [0.05, 0.1) is 26.3 Å². The summed E-state index contributed by atoms with van der Waals surface area (Å²) in [5, 5.41) is 0. The van der Waals surface area contributed by atoms with E-state index >= 15 is 0 Å². The van der Waals surface area contributed by atoms with Crippen molar-refractivity contribution in [3.8, 4) is 34.5 Å². The second-order valence-corrected chi connectivity index (χ2v) is 14.8. The molecule has 0 aliphatic carbocycles. The quantitative estimate of drug-likeness (QED) is 0.127. The molecule has 13 heteroatoms. The van der Waals surface area contributed by atoms with Gasteiger partial charge in [-0.2, -0.15) is 0 Å². The van der Waals surface area contributed by atoms with Crippen LogP contribution in [0.3, 0.4) is 0 Å². The molecule has 2 saturated heterocycles. The van der Waals surface area contributed by atoms with Crippen LogP contribution in [0.2, 0.25) is 0 Å². The maximum absolute atomic E-state index is 13.9. The number of piperidine rings is 2. The van der Waals surface area contributed by atoms with Gasteiger partial charge in [-0.05, 0) is 97.4 Å². The van der Waals surface area contributed by atoms with E-state index in [1.807, 2.05) is 60.7 Å². The van der Waals surface area contributed by atoms with Crippen molar-refractivity contribution < 1.29 is 46.0 Å². The maximum Gasteiger partial charge on any atom is 0.519 e. The number of rotatable bonds is 12. The summed E-state index contributed by atoms with van der Waals surface area (Å²) in [6.45, 7) is 4.76. The van der Waals surface area contributed by atoms with Crippen molar-refractivity contribution in [2.24, 2.45) is 11.8 Å². The first-order valence-corrected chi connectivity index (χ1v) is 19.0. The number of likely N-dealkylation sites (tertiary alicyclic amines) is 2. The molecular weight excluding hydrogens is 726 g/mol. The summed E-state index contributed by atoms with van der Waals surface area (Å²) >= 11 is 0. The van der Waals surface area contributed by atoms with Gasteiger partial charge in [0.25, 0.3) is 0 Å². The molecule has 0 amide bonds. The maximum atomic E-state index is 13.9. The minimum atomic E-state index is -0.734. The highest BCUT2D eigenvalue weighted by Gasteiger charge is 2.35. The third-order valence-electron chi connectivity index (χ3n) is 11.3. The van der Waals surface area contributed by atoms with Gasteiger partial charge >= 0.3 is 5.82 Å². The van der Waals surface area contributed by atoms with E-state index in [9.17, 15) is 13.6 Å². The van der Waals surface area contributed by atoms with Gasteiger partial charge in [0.15, 0.2) is 34.5 Å². The molecule has 0 spiro atoms. The Morgan fingerprint density at radius 3 is 1.45 bits per heavy atom. The summed E-state index contributed by atoms with van der Waals surface area (Å²) in [5.41, 5.74) is 2.11. The first-order valence-electron chi connectivity index (χ1n) is 19.0. The monoisotopic (exact) mass is 768 g/mol. The van der Waals surface area contributed by atoms with Crippen LogP contribution in [0.4, 0.5) is 8.78 Å². The molecule has 56 heavy (non-hydrogen) atoms. The highest BCUT2D eigenvalue weighted by Crippen LogP contribution is 2.40. The van der Waals surface area contributed by atoms with Crippen LogP contribution in [0.15, 0.2) is 98.6 Å². The second kappa shape index (κ2) is 15.9. The van der Waals surface area contributed by atoms with Gasteiger partial charge in [-0.15, -0.1) is 0 Å². The lowest BCUT2D eigenvalue weighted by Gasteiger charge is -2.39. The van der Waals surface area contributed by atoms with Crippen LogP contribution in [0.25, 0.3) is 0 Å². The molecule has 2 fully saturated rings. The van der Waals surface area contributed by atoms with Crippen molar-refractivity contribution in [2.75, 3.05) is 53.0 Å². The van der Waals surface area contributed by atoms with E-state index in [1.165, 1.54) is 24.3 Å². The van der Waals surface area contributed by atoms with Crippen molar-refractivity contribution in [1.29, 1.82) is 0 Å². The van der Waals surface area contributed by atoms with Gasteiger partial charge < -0.3 is 37.3 Å². The number of nitrogens with zero attached hydrogens (tertiary/aromatic N) is 2. The van der Waals surface area contributed by atoms with Crippen LogP contribution in [0, 0.1) is 23.5 Å². The topological polar surface area (TPSA) is 105 Å². The van der Waals surface area contributed by atoms with E-state index in [4.69, 9.17) is 37.3 Å². The fourth-order valence-electron chi connectivity index (χ4n) is 8.46. The third kappa shape index (κ3) is 8.05. The molecule has 5 heterocycles. The molecule has 0 bridgehead atoms. The Kier molecular flexibility index (Phi) is 10.3. The first-order chi connectivity index (χ1) is 27.4. The zero-order valence-corrected chi connectivity index (χ0v) is 30.7. The van der Waals surface area contributed by atoms with Crippen molar-refractivity contribution in [3.05, 3.63) is 130 Å². The largest absolute Gasteiger partial charge is 0.519 e. The van der Waals surface area contributed by atoms with E-state index in [-0.39, 0.29) is 48.9 Å².